The predicted octanol–water partition coefficient (Wildman–Crippen LogP) is 3.61. The molecule has 3 rings (SSSR count). The third-order valence-corrected chi connectivity index (χ3v) is 6.79. The van der Waals surface area contributed by atoms with Crippen LogP contribution in [0.2, 0.25) is 0 Å². The van der Waals surface area contributed by atoms with E-state index in [1.165, 1.54) is 0 Å². The molecule has 0 fully saturated rings. The summed E-state index contributed by atoms with van der Waals surface area (Å²) >= 11 is 0. The summed E-state index contributed by atoms with van der Waals surface area (Å²) in [6.07, 6.45) is 0.135. The number of hydrogen-bond acceptors (Lipinski definition) is 3. The van der Waals surface area contributed by atoms with Gasteiger partial charge in [0, 0.05) is 17.7 Å². The zero-order valence-electron chi connectivity index (χ0n) is 16.2. The number of ketones is 1. The number of hydrogen-bond donors (Lipinski definition) is 2. The third-order valence-electron chi connectivity index (χ3n) is 5.16. The molecule has 1 unspecified atom stereocenters. The van der Waals surface area contributed by atoms with Gasteiger partial charge in [-0.15, -0.1) is 0 Å². The van der Waals surface area contributed by atoms with Crippen LogP contribution >= 0.6 is 0 Å². The van der Waals surface area contributed by atoms with E-state index in [-0.39, 0.29) is 12.2 Å². The van der Waals surface area contributed by atoms with Crippen molar-refractivity contribution in [3.63, 3.8) is 0 Å². The number of aromatic amines is 1. The number of nitrogens with two attached hydrogens (primary N) is 1. The molecule has 0 spiro atoms. The number of rotatable bonds is 6. The average Bonchev–Trinajstić information content (AvgIpc) is 3.09. The summed E-state index contributed by atoms with van der Waals surface area (Å²) in [7, 11) is -3.90. The SMILES string of the molecule is Cc1ccc(C(=O)c2ccc(CC(C)(c3ccccc3)S(N)(=O)=O)[nH]2)c(C)c1. The van der Waals surface area contributed by atoms with Gasteiger partial charge in [-0.2, -0.15) is 0 Å². The number of aromatic nitrogens is 1. The highest BCUT2D eigenvalue weighted by atomic mass is 32.2. The number of carbonyl (C=O) groups is 1. The number of nitrogens with one attached hydrogen (secondary N) is 1. The number of aryl methyl sites for hydroxylation is 2. The summed E-state index contributed by atoms with van der Waals surface area (Å²) in [5.41, 5.74) is 4.28. The first-order chi connectivity index (χ1) is 13.1. The lowest BCUT2D eigenvalue weighted by atomic mass is 9.95. The van der Waals surface area contributed by atoms with Gasteiger partial charge in [0.1, 0.15) is 4.75 Å². The summed E-state index contributed by atoms with van der Waals surface area (Å²) in [4.78, 5) is 15.9. The highest BCUT2D eigenvalue weighted by molar-refractivity contribution is 7.90. The van der Waals surface area contributed by atoms with Crippen LogP contribution in [0.25, 0.3) is 0 Å². The molecule has 5 nitrogen and oxygen atoms in total. The highest BCUT2D eigenvalue weighted by Gasteiger charge is 2.39. The largest absolute Gasteiger partial charge is 0.356 e. The van der Waals surface area contributed by atoms with Crippen LogP contribution in [0.5, 0.6) is 0 Å². The maximum atomic E-state index is 12.9. The van der Waals surface area contributed by atoms with Crippen molar-refractivity contribution in [3.8, 4) is 0 Å². The van der Waals surface area contributed by atoms with Crippen LogP contribution < -0.4 is 5.14 Å². The van der Waals surface area contributed by atoms with Crippen LogP contribution in [-0.4, -0.2) is 19.2 Å². The average molecular weight is 397 g/mol. The van der Waals surface area contributed by atoms with E-state index in [0.29, 0.717) is 22.5 Å². The number of sulfonamides is 1. The van der Waals surface area contributed by atoms with Crippen LogP contribution in [-0.2, 0) is 21.2 Å². The van der Waals surface area contributed by atoms with Crippen molar-refractivity contribution in [3.05, 3.63) is 94.3 Å². The minimum atomic E-state index is -3.90. The van der Waals surface area contributed by atoms with E-state index in [4.69, 9.17) is 5.14 Å². The second-order valence-corrected chi connectivity index (χ2v) is 9.35. The maximum absolute atomic E-state index is 12.9. The van der Waals surface area contributed by atoms with E-state index >= 15 is 0 Å². The molecule has 0 amide bonds. The normalized spacial score (nSPS) is 13.9. The monoisotopic (exact) mass is 396 g/mol. The molecule has 6 heteroatoms. The second kappa shape index (κ2) is 7.37. The van der Waals surface area contributed by atoms with E-state index in [0.717, 1.165) is 11.1 Å². The Morgan fingerprint density at radius 2 is 1.71 bits per heavy atom. The Bertz CT molecular complexity index is 1120. The molecule has 3 aromatic rings. The fourth-order valence-corrected chi connectivity index (χ4v) is 4.23. The van der Waals surface area contributed by atoms with E-state index < -0.39 is 14.8 Å². The Morgan fingerprint density at radius 1 is 1.04 bits per heavy atom. The number of benzene rings is 2. The molecule has 0 bridgehead atoms. The van der Waals surface area contributed by atoms with Gasteiger partial charge in [0.25, 0.3) is 0 Å². The molecule has 0 aliphatic rings. The van der Waals surface area contributed by atoms with Crippen LogP contribution in [0.4, 0.5) is 0 Å². The van der Waals surface area contributed by atoms with Gasteiger partial charge in [-0.05, 0) is 44.0 Å². The van der Waals surface area contributed by atoms with Crippen molar-refractivity contribution < 1.29 is 13.2 Å². The van der Waals surface area contributed by atoms with E-state index in [1.54, 1.807) is 43.3 Å². The molecule has 28 heavy (non-hydrogen) atoms. The molecule has 0 saturated carbocycles. The van der Waals surface area contributed by atoms with Gasteiger partial charge in [0.05, 0.1) is 5.69 Å². The lowest BCUT2D eigenvalue weighted by Crippen LogP contribution is -2.40. The fourth-order valence-electron chi connectivity index (χ4n) is 3.41. The molecule has 2 aromatic carbocycles. The Kier molecular flexibility index (Phi) is 5.28. The fraction of sp³-hybridized carbons (Fsp3) is 0.227. The molecule has 146 valence electrons. The molecule has 1 heterocycles. The zero-order chi connectivity index (χ0) is 20.5. The van der Waals surface area contributed by atoms with Crippen molar-refractivity contribution in [2.75, 3.05) is 0 Å². The topological polar surface area (TPSA) is 93.0 Å². The lowest BCUT2D eigenvalue weighted by Gasteiger charge is -2.27. The second-order valence-electron chi connectivity index (χ2n) is 7.36. The molecule has 1 aromatic heterocycles. The summed E-state index contributed by atoms with van der Waals surface area (Å²) in [6.45, 7) is 5.48. The number of carbonyl (C=O) groups excluding carboxylic acids is 1. The lowest BCUT2D eigenvalue weighted by molar-refractivity contribution is 0.103. The van der Waals surface area contributed by atoms with Crippen molar-refractivity contribution in [1.82, 2.24) is 4.98 Å². The van der Waals surface area contributed by atoms with Crippen LogP contribution in [0.1, 0.15) is 45.4 Å². The van der Waals surface area contributed by atoms with Crippen molar-refractivity contribution in [1.29, 1.82) is 0 Å². The van der Waals surface area contributed by atoms with E-state index in [2.05, 4.69) is 4.98 Å². The first-order valence-corrected chi connectivity index (χ1v) is 10.5. The van der Waals surface area contributed by atoms with Crippen LogP contribution in [0.15, 0.2) is 60.7 Å². The van der Waals surface area contributed by atoms with Crippen LogP contribution in [0.3, 0.4) is 0 Å². The number of H-pyrrole nitrogens is 1. The van der Waals surface area contributed by atoms with Gasteiger partial charge in [-0.25, -0.2) is 13.6 Å². The zero-order valence-corrected chi connectivity index (χ0v) is 17.0. The first-order valence-electron chi connectivity index (χ1n) is 8.99. The minimum absolute atomic E-state index is 0.124. The Balaban J connectivity index is 1.94. The summed E-state index contributed by atoms with van der Waals surface area (Å²) < 4.78 is 23.5. The molecular formula is C22H24N2O3S. The van der Waals surface area contributed by atoms with Gasteiger partial charge in [0.15, 0.2) is 0 Å². The van der Waals surface area contributed by atoms with Crippen LogP contribution in [0, 0.1) is 13.8 Å². The highest BCUT2D eigenvalue weighted by Crippen LogP contribution is 2.32. The molecule has 3 N–H and O–H groups in total. The van der Waals surface area contributed by atoms with Gasteiger partial charge in [-0.3, -0.25) is 4.79 Å². The molecule has 0 aliphatic carbocycles. The van der Waals surface area contributed by atoms with Crippen molar-refractivity contribution in [2.24, 2.45) is 5.14 Å². The van der Waals surface area contributed by atoms with E-state index in [1.807, 2.05) is 38.1 Å². The molecule has 0 saturated heterocycles. The van der Waals surface area contributed by atoms with Gasteiger partial charge in [-0.1, -0.05) is 54.1 Å². The maximum Gasteiger partial charge on any atom is 0.219 e. The third kappa shape index (κ3) is 3.79. The van der Waals surface area contributed by atoms with E-state index in [9.17, 15) is 13.2 Å². The minimum Gasteiger partial charge on any atom is -0.356 e. The number of primary sulfonamides is 1. The molecule has 1 atom stereocenters. The Morgan fingerprint density at radius 3 is 2.32 bits per heavy atom. The quantitative estimate of drug-likeness (QED) is 0.623. The Labute approximate surface area is 165 Å². The smallest absolute Gasteiger partial charge is 0.219 e. The summed E-state index contributed by atoms with van der Waals surface area (Å²) in [5, 5.41) is 5.58. The van der Waals surface area contributed by atoms with Gasteiger partial charge >= 0.3 is 0 Å². The van der Waals surface area contributed by atoms with Gasteiger partial charge in [0.2, 0.25) is 15.8 Å². The summed E-state index contributed by atoms with van der Waals surface area (Å²) in [6, 6.07) is 18.0. The molecule has 0 aliphatic heterocycles. The van der Waals surface area contributed by atoms with Crippen molar-refractivity contribution in [2.45, 2.75) is 31.9 Å². The predicted molar refractivity (Wildman–Crippen MR) is 111 cm³/mol. The molecule has 0 radical (unpaired) electrons. The summed E-state index contributed by atoms with van der Waals surface area (Å²) in [5.74, 6) is -0.124. The Hall–Kier alpha value is -2.70. The van der Waals surface area contributed by atoms with Gasteiger partial charge < -0.3 is 4.98 Å². The van der Waals surface area contributed by atoms with Crippen molar-refractivity contribution >= 4 is 15.8 Å². The first kappa shape index (κ1) is 20.0. The standard InChI is InChI=1S/C22H24N2O3S/c1-15-9-11-19(16(2)13-15)21(25)20-12-10-18(24-20)14-22(3,28(23,26)27)17-7-5-4-6-8-17/h4-13,24H,14H2,1-3H3,(H2,23,26,27). The molecular weight excluding hydrogens is 372 g/mol.